The minimum absolute atomic E-state index is 0.251. The first-order valence-corrected chi connectivity index (χ1v) is 4.87. The van der Waals surface area contributed by atoms with Crippen LogP contribution in [0.5, 0.6) is 0 Å². The molecular formula is C10H13ClFNO2. The maximum absolute atomic E-state index is 13.4. The second-order valence-electron chi connectivity index (χ2n) is 3.23. The predicted octanol–water partition coefficient (Wildman–Crippen LogP) is 1.27. The summed E-state index contributed by atoms with van der Waals surface area (Å²) in [5.74, 6) is -0.436. The van der Waals surface area contributed by atoms with Crippen molar-refractivity contribution in [3.8, 4) is 0 Å². The van der Waals surface area contributed by atoms with Crippen molar-refractivity contribution in [2.75, 3.05) is 25.2 Å². The van der Waals surface area contributed by atoms with E-state index in [9.17, 15) is 4.39 Å². The van der Waals surface area contributed by atoms with Crippen molar-refractivity contribution in [1.82, 2.24) is 0 Å². The molecule has 0 spiro atoms. The first-order valence-electron chi connectivity index (χ1n) is 4.49. The zero-order valence-corrected chi connectivity index (χ0v) is 9.08. The molecule has 3 nitrogen and oxygen atoms in total. The van der Waals surface area contributed by atoms with E-state index >= 15 is 0 Å². The number of nitrogens with zero attached hydrogens (tertiary/aromatic N) is 1. The quantitative estimate of drug-likeness (QED) is 0.823. The monoisotopic (exact) mass is 233 g/mol. The normalized spacial score (nSPS) is 10.8. The Hall–Kier alpha value is -0.840. The van der Waals surface area contributed by atoms with Crippen LogP contribution in [0.25, 0.3) is 0 Å². The van der Waals surface area contributed by atoms with Gasteiger partial charge < -0.3 is 15.1 Å². The standard InChI is InChI=1S/C10H13ClFNO2/c1-13(8(5-14)6-15)10-4-7(11)2-3-9(10)12/h2-4,8,14-15H,5-6H2,1H3. The van der Waals surface area contributed by atoms with Crippen LogP contribution >= 0.6 is 11.6 Å². The van der Waals surface area contributed by atoms with Gasteiger partial charge in [0.2, 0.25) is 0 Å². The number of aliphatic hydroxyl groups is 2. The van der Waals surface area contributed by atoms with Gasteiger partial charge in [0.25, 0.3) is 0 Å². The molecule has 5 heteroatoms. The SMILES string of the molecule is CN(c1cc(Cl)ccc1F)C(CO)CO. The fraction of sp³-hybridized carbons (Fsp3) is 0.400. The second-order valence-corrected chi connectivity index (χ2v) is 3.66. The highest BCUT2D eigenvalue weighted by Crippen LogP contribution is 2.23. The number of hydrogen-bond donors (Lipinski definition) is 2. The maximum Gasteiger partial charge on any atom is 0.146 e. The Balaban J connectivity index is 2.98. The van der Waals surface area contributed by atoms with Crippen molar-refractivity contribution < 1.29 is 14.6 Å². The Bertz CT molecular complexity index is 331. The molecule has 0 aliphatic heterocycles. The van der Waals surface area contributed by atoms with Gasteiger partial charge in [0, 0.05) is 12.1 Å². The van der Waals surface area contributed by atoms with E-state index in [4.69, 9.17) is 21.8 Å². The van der Waals surface area contributed by atoms with Gasteiger partial charge in [-0.25, -0.2) is 4.39 Å². The maximum atomic E-state index is 13.4. The van der Waals surface area contributed by atoms with Crippen LogP contribution in [0.4, 0.5) is 10.1 Å². The van der Waals surface area contributed by atoms with Crippen molar-refractivity contribution in [2.24, 2.45) is 0 Å². The Kier molecular flexibility index (Phi) is 4.32. The highest BCUT2D eigenvalue weighted by atomic mass is 35.5. The molecule has 0 radical (unpaired) electrons. The second kappa shape index (κ2) is 5.30. The molecular weight excluding hydrogens is 221 g/mol. The summed E-state index contributed by atoms with van der Waals surface area (Å²) in [5.41, 5.74) is 0.260. The molecule has 0 unspecified atom stereocenters. The zero-order chi connectivity index (χ0) is 11.4. The summed E-state index contributed by atoms with van der Waals surface area (Å²) in [5, 5.41) is 18.3. The van der Waals surface area contributed by atoms with Crippen LogP contribution in [-0.2, 0) is 0 Å². The van der Waals surface area contributed by atoms with E-state index in [0.717, 1.165) is 0 Å². The van der Waals surface area contributed by atoms with Gasteiger partial charge in [0.15, 0.2) is 0 Å². The molecule has 0 bridgehead atoms. The number of likely N-dealkylation sites (N-methyl/N-ethyl adjacent to an activating group) is 1. The predicted molar refractivity (Wildman–Crippen MR) is 57.8 cm³/mol. The summed E-state index contributed by atoms with van der Waals surface area (Å²) in [7, 11) is 1.59. The van der Waals surface area contributed by atoms with E-state index in [2.05, 4.69) is 0 Å². The lowest BCUT2D eigenvalue weighted by molar-refractivity contribution is 0.190. The first kappa shape index (κ1) is 12.2. The van der Waals surface area contributed by atoms with Crippen LogP contribution in [0, 0.1) is 5.82 Å². The number of anilines is 1. The van der Waals surface area contributed by atoms with Crippen LogP contribution in [0.2, 0.25) is 5.02 Å². The van der Waals surface area contributed by atoms with Crippen molar-refractivity contribution in [2.45, 2.75) is 6.04 Å². The molecule has 0 aliphatic rings. The summed E-state index contributed by atoms with van der Waals surface area (Å²) in [6, 6.07) is 3.62. The zero-order valence-electron chi connectivity index (χ0n) is 8.32. The fourth-order valence-electron chi connectivity index (χ4n) is 1.26. The average Bonchev–Trinajstić information content (AvgIpc) is 2.23. The summed E-state index contributed by atoms with van der Waals surface area (Å²) in [6.07, 6.45) is 0. The van der Waals surface area contributed by atoms with Crippen LogP contribution in [0.1, 0.15) is 0 Å². The van der Waals surface area contributed by atoms with Crippen molar-refractivity contribution in [3.05, 3.63) is 29.0 Å². The number of hydrogen-bond acceptors (Lipinski definition) is 3. The highest BCUT2D eigenvalue weighted by Gasteiger charge is 2.16. The molecule has 0 amide bonds. The molecule has 0 saturated carbocycles. The average molecular weight is 234 g/mol. The van der Waals surface area contributed by atoms with Crippen molar-refractivity contribution in [1.29, 1.82) is 0 Å². The highest BCUT2D eigenvalue weighted by molar-refractivity contribution is 6.30. The van der Waals surface area contributed by atoms with Gasteiger partial charge in [0.05, 0.1) is 24.9 Å². The molecule has 1 aromatic rings. The molecule has 0 saturated heterocycles. The van der Waals surface area contributed by atoms with E-state index in [1.54, 1.807) is 7.05 Å². The van der Waals surface area contributed by atoms with Gasteiger partial charge >= 0.3 is 0 Å². The van der Waals surface area contributed by atoms with Crippen LogP contribution < -0.4 is 4.90 Å². The molecule has 15 heavy (non-hydrogen) atoms. The fourth-order valence-corrected chi connectivity index (χ4v) is 1.42. The molecule has 2 N–H and O–H groups in total. The molecule has 84 valence electrons. The van der Waals surface area contributed by atoms with E-state index < -0.39 is 11.9 Å². The first-order chi connectivity index (χ1) is 7.10. The van der Waals surface area contributed by atoms with Crippen LogP contribution in [0.3, 0.4) is 0 Å². The lowest BCUT2D eigenvalue weighted by Gasteiger charge is -2.27. The molecule has 0 aromatic heterocycles. The van der Waals surface area contributed by atoms with E-state index in [-0.39, 0.29) is 18.9 Å². The molecule has 0 heterocycles. The third kappa shape index (κ3) is 2.81. The van der Waals surface area contributed by atoms with E-state index in [1.165, 1.54) is 23.1 Å². The van der Waals surface area contributed by atoms with Crippen LogP contribution in [-0.4, -0.2) is 36.5 Å². The third-order valence-corrected chi connectivity index (χ3v) is 2.49. The number of aliphatic hydroxyl groups excluding tert-OH is 2. The Morgan fingerprint density at radius 1 is 1.40 bits per heavy atom. The van der Waals surface area contributed by atoms with Crippen LogP contribution in [0.15, 0.2) is 18.2 Å². The number of rotatable bonds is 4. The summed E-state index contributed by atoms with van der Waals surface area (Å²) < 4.78 is 13.4. The summed E-state index contributed by atoms with van der Waals surface area (Å²) >= 11 is 5.73. The van der Waals surface area contributed by atoms with Crippen molar-refractivity contribution in [3.63, 3.8) is 0 Å². The van der Waals surface area contributed by atoms with E-state index in [0.29, 0.717) is 5.02 Å². The smallest absolute Gasteiger partial charge is 0.146 e. The molecule has 1 aromatic carbocycles. The van der Waals surface area contributed by atoms with Gasteiger partial charge in [0.1, 0.15) is 5.82 Å². The number of benzene rings is 1. The van der Waals surface area contributed by atoms with Crippen molar-refractivity contribution >= 4 is 17.3 Å². The molecule has 0 aliphatic carbocycles. The third-order valence-electron chi connectivity index (χ3n) is 2.26. The largest absolute Gasteiger partial charge is 0.394 e. The molecule has 0 atom stereocenters. The number of halogens is 2. The van der Waals surface area contributed by atoms with Gasteiger partial charge in [-0.1, -0.05) is 11.6 Å². The Morgan fingerprint density at radius 3 is 2.53 bits per heavy atom. The Morgan fingerprint density at radius 2 is 2.00 bits per heavy atom. The van der Waals surface area contributed by atoms with E-state index in [1.807, 2.05) is 0 Å². The van der Waals surface area contributed by atoms with Gasteiger partial charge in [-0.05, 0) is 18.2 Å². The minimum atomic E-state index is -0.530. The van der Waals surface area contributed by atoms with Gasteiger partial charge in [-0.15, -0.1) is 0 Å². The Labute approximate surface area is 92.7 Å². The lowest BCUT2D eigenvalue weighted by atomic mass is 10.2. The molecule has 0 fully saturated rings. The summed E-state index contributed by atoms with van der Waals surface area (Å²) in [4.78, 5) is 1.46. The van der Waals surface area contributed by atoms with Gasteiger partial charge in [-0.2, -0.15) is 0 Å². The summed E-state index contributed by atoms with van der Waals surface area (Å²) in [6.45, 7) is -0.502. The lowest BCUT2D eigenvalue weighted by Crippen LogP contribution is -2.38. The topological polar surface area (TPSA) is 43.7 Å². The molecule has 1 rings (SSSR count). The minimum Gasteiger partial charge on any atom is -0.394 e. The van der Waals surface area contributed by atoms with Gasteiger partial charge in [-0.3, -0.25) is 0 Å².